The fourth-order valence-electron chi connectivity index (χ4n) is 2.22. The van der Waals surface area contributed by atoms with Crippen LogP contribution in [0.5, 0.6) is 0 Å². The summed E-state index contributed by atoms with van der Waals surface area (Å²) in [6.07, 6.45) is 7.04. The molecule has 2 N–H and O–H groups in total. The Labute approximate surface area is 112 Å². The van der Waals surface area contributed by atoms with Crippen molar-refractivity contribution in [3.63, 3.8) is 0 Å². The Morgan fingerprint density at radius 3 is 2.72 bits per heavy atom. The lowest BCUT2D eigenvalue weighted by atomic mass is 10.2. The van der Waals surface area contributed by atoms with Crippen molar-refractivity contribution in [1.29, 1.82) is 5.26 Å². The van der Waals surface area contributed by atoms with Crippen LogP contribution in [0.25, 0.3) is 0 Å². The highest BCUT2D eigenvalue weighted by molar-refractivity contribution is 7.14. The topological polar surface area (TPSA) is 65.4 Å². The molecule has 1 aliphatic rings. The standard InChI is InChI=1S/C13H18N4S/c14-10-16-13(15)12-6-5-11(18-12)9-17-7-3-1-2-4-8-17/h5-6H,1-4,7-9H2,(H2,15,16). The zero-order valence-electron chi connectivity index (χ0n) is 10.4. The van der Waals surface area contributed by atoms with Gasteiger partial charge >= 0.3 is 0 Å². The number of hydrogen-bond acceptors (Lipinski definition) is 4. The van der Waals surface area contributed by atoms with Crippen molar-refractivity contribution in [1.82, 2.24) is 4.90 Å². The molecule has 5 heteroatoms. The zero-order chi connectivity index (χ0) is 12.8. The van der Waals surface area contributed by atoms with Gasteiger partial charge in [0.15, 0.2) is 5.84 Å². The summed E-state index contributed by atoms with van der Waals surface area (Å²) in [5.41, 5.74) is 5.70. The molecule has 96 valence electrons. The van der Waals surface area contributed by atoms with Gasteiger partial charge in [0, 0.05) is 11.4 Å². The van der Waals surface area contributed by atoms with E-state index in [0.717, 1.165) is 11.4 Å². The summed E-state index contributed by atoms with van der Waals surface area (Å²) in [7, 11) is 0. The summed E-state index contributed by atoms with van der Waals surface area (Å²) in [6.45, 7) is 3.37. The van der Waals surface area contributed by atoms with Crippen LogP contribution in [0.3, 0.4) is 0 Å². The molecule has 0 aromatic carbocycles. The summed E-state index contributed by atoms with van der Waals surface area (Å²) in [6, 6.07) is 4.04. The molecular weight excluding hydrogens is 244 g/mol. The van der Waals surface area contributed by atoms with Gasteiger partial charge in [-0.3, -0.25) is 4.90 Å². The predicted octanol–water partition coefficient (Wildman–Crippen LogP) is 2.31. The largest absolute Gasteiger partial charge is 0.382 e. The van der Waals surface area contributed by atoms with Gasteiger partial charge in [0.25, 0.3) is 0 Å². The molecule has 18 heavy (non-hydrogen) atoms. The van der Waals surface area contributed by atoms with Crippen LogP contribution in [-0.4, -0.2) is 23.8 Å². The lowest BCUT2D eigenvalue weighted by Gasteiger charge is -2.18. The molecule has 1 aromatic heterocycles. The number of nitrogens with zero attached hydrogens (tertiary/aromatic N) is 3. The average molecular weight is 262 g/mol. The Morgan fingerprint density at radius 1 is 1.33 bits per heavy atom. The Bertz CT molecular complexity index is 450. The molecule has 0 aliphatic carbocycles. The average Bonchev–Trinajstić information content (AvgIpc) is 2.67. The smallest absolute Gasteiger partial charge is 0.207 e. The van der Waals surface area contributed by atoms with Gasteiger partial charge in [-0.1, -0.05) is 12.8 Å². The van der Waals surface area contributed by atoms with Crippen molar-refractivity contribution in [2.45, 2.75) is 32.2 Å². The fourth-order valence-corrected chi connectivity index (χ4v) is 3.18. The Morgan fingerprint density at radius 2 is 2.06 bits per heavy atom. The first-order valence-electron chi connectivity index (χ1n) is 6.33. The zero-order valence-corrected chi connectivity index (χ0v) is 11.2. The second-order valence-electron chi connectivity index (χ2n) is 4.55. The molecule has 0 bridgehead atoms. The van der Waals surface area contributed by atoms with Gasteiger partial charge in [-0.05, 0) is 38.1 Å². The van der Waals surface area contributed by atoms with Crippen molar-refractivity contribution in [2.24, 2.45) is 10.7 Å². The van der Waals surface area contributed by atoms with Crippen LogP contribution < -0.4 is 5.73 Å². The van der Waals surface area contributed by atoms with E-state index in [1.54, 1.807) is 17.5 Å². The van der Waals surface area contributed by atoms with E-state index in [4.69, 9.17) is 11.0 Å². The monoisotopic (exact) mass is 262 g/mol. The van der Waals surface area contributed by atoms with Gasteiger partial charge in [-0.25, -0.2) is 0 Å². The minimum absolute atomic E-state index is 0.324. The van der Waals surface area contributed by atoms with Crippen LogP contribution in [0.2, 0.25) is 0 Å². The molecular formula is C13H18N4S. The number of nitriles is 1. The number of amidine groups is 1. The summed E-state index contributed by atoms with van der Waals surface area (Å²) in [4.78, 5) is 8.25. The van der Waals surface area contributed by atoms with Crippen molar-refractivity contribution >= 4 is 17.2 Å². The molecule has 0 amide bonds. The van der Waals surface area contributed by atoms with Crippen molar-refractivity contribution in [2.75, 3.05) is 13.1 Å². The van der Waals surface area contributed by atoms with Gasteiger partial charge in [-0.15, -0.1) is 11.3 Å². The molecule has 1 fully saturated rings. The second kappa shape index (κ2) is 6.53. The van der Waals surface area contributed by atoms with Crippen LogP contribution in [0.1, 0.15) is 35.4 Å². The first kappa shape index (κ1) is 13.1. The summed E-state index contributed by atoms with van der Waals surface area (Å²) < 4.78 is 0. The molecule has 0 spiro atoms. The third-order valence-electron chi connectivity index (χ3n) is 3.16. The van der Waals surface area contributed by atoms with E-state index in [1.807, 2.05) is 6.07 Å². The molecule has 2 rings (SSSR count). The van der Waals surface area contributed by atoms with Crippen LogP contribution in [0, 0.1) is 11.5 Å². The van der Waals surface area contributed by atoms with E-state index in [2.05, 4.69) is 16.0 Å². The number of rotatable bonds is 3. The van der Waals surface area contributed by atoms with Crippen LogP contribution in [0.4, 0.5) is 0 Å². The van der Waals surface area contributed by atoms with Crippen LogP contribution >= 0.6 is 11.3 Å². The normalized spacial score (nSPS) is 18.3. The van der Waals surface area contributed by atoms with E-state index in [0.29, 0.717) is 5.84 Å². The lowest BCUT2D eigenvalue weighted by molar-refractivity contribution is 0.279. The van der Waals surface area contributed by atoms with Crippen LogP contribution in [0.15, 0.2) is 17.1 Å². The molecule has 4 nitrogen and oxygen atoms in total. The highest BCUT2D eigenvalue weighted by Crippen LogP contribution is 2.20. The third kappa shape index (κ3) is 3.56. The van der Waals surface area contributed by atoms with Gasteiger partial charge in [0.1, 0.15) is 0 Å². The Kier molecular flexibility index (Phi) is 4.73. The maximum Gasteiger partial charge on any atom is 0.207 e. The lowest BCUT2D eigenvalue weighted by Crippen LogP contribution is -2.23. The van der Waals surface area contributed by atoms with E-state index in [-0.39, 0.29) is 0 Å². The van der Waals surface area contributed by atoms with Crippen molar-refractivity contribution in [3.05, 3.63) is 21.9 Å². The molecule has 0 unspecified atom stereocenters. The first-order chi connectivity index (χ1) is 8.79. The maximum atomic E-state index is 8.48. The SMILES string of the molecule is N#CN=C(N)c1ccc(CN2CCCCCC2)s1. The van der Waals surface area contributed by atoms with Gasteiger partial charge in [0.05, 0.1) is 4.88 Å². The highest BCUT2D eigenvalue weighted by Gasteiger charge is 2.11. The van der Waals surface area contributed by atoms with Crippen molar-refractivity contribution in [3.8, 4) is 6.19 Å². The Hall–Kier alpha value is -1.38. The van der Waals surface area contributed by atoms with E-state index in [9.17, 15) is 0 Å². The van der Waals surface area contributed by atoms with Gasteiger partial charge in [0.2, 0.25) is 6.19 Å². The minimum atomic E-state index is 0.324. The predicted molar refractivity (Wildman–Crippen MR) is 74.4 cm³/mol. The van der Waals surface area contributed by atoms with Crippen LogP contribution in [-0.2, 0) is 6.54 Å². The molecule has 1 aromatic rings. The molecule has 2 heterocycles. The maximum absolute atomic E-state index is 8.48. The van der Waals surface area contributed by atoms with E-state index >= 15 is 0 Å². The Balaban J connectivity index is 1.98. The second-order valence-corrected chi connectivity index (χ2v) is 5.72. The highest BCUT2D eigenvalue weighted by atomic mass is 32.1. The van der Waals surface area contributed by atoms with Gasteiger partial charge in [-0.2, -0.15) is 10.3 Å². The number of thiophene rings is 1. The van der Waals surface area contributed by atoms with Gasteiger partial charge < -0.3 is 5.73 Å². The summed E-state index contributed by atoms with van der Waals surface area (Å²) in [5.74, 6) is 0.324. The molecule has 0 atom stereocenters. The molecule has 1 aliphatic heterocycles. The van der Waals surface area contributed by atoms with Crippen molar-refractivity contribution < 1.29 is 0 Å². The molecule has 0 saturated carbocycles. The number of nitrogens with two attached hydrogens (primary N) is 1. The number of likely N-dealkylation sites (tertiary alicyclic amines) is 1. The quantitative estimate of drug-likeness (QED) is 0.516. The number of aliphatic imine (C=N–C) groups is 1. The third-order valence-corrected chi connectivity index (χ3v) is 4.26. The molecule has 0 radical (unpaired) electrons. The van der Waals surface area contributed by atoms with E-state index < -0.39 is 0 Å². The fraction of sp³-hybridized carbons (Fsp3) is 0.538. The first-order valence-corrected chi connectivity index (χ1v) is 7.15. The summed E-state index contributed by atoms with van der Waals surface area (Å²) >= 11 is 1.63. The summed E-state index contributed by atoms with van der Waals surface area (Å²) in [5, 5.41) is 8.48. The van der Waals surface area contributed by atoms with E-state index in [1.165, 1.54) is 43.6 Å². The minimum Gasteiger partial charge on any atom is -0.382 e. The number of hydrogen-bond donors (Lipinski definition) is 1. The molecule has 1 saturated heterocycles.